The molecule has 0 radical (unpaired) electrons. The van der Waals surface area contributed by atoms with Crippen LogP contribution in [0.5, 0.6) is 0 Å². The molecule has 3 N–H and O–H groups in total. The van der Waals surface area contributed by atoms with Crippen molar-refractivity contribution in [1.29, 1.82) is 0 Å². The summed E-state index contributed by atoms with van der Waals surface area (Å²) in [5.41, 5.74) is 0. The van der Waals surface area contributed by atoms with Crippen LogP contribution in [0, 0.1) is 0 Å². The third-order valence-electron chi connectivity index (χ3n) is 11.5. The smallest absolute Gasteiger partial charge is 0.387 e. The number of rotatable bonds is 48. The number of aliphatic hydroxyl groups is 1. The van der Waals surface area contributed by atoms with Gasteiger partial charge in [-0.3, -0.25) is 13.8 Å². The Labute approximate surface area is 419 Å². The maximum atomic E-state index is 12.9. The molecule has 0 bridgehead atoms. The van der Waals surface area contributed by atoms with E-state index in [1.54, 1.807) is 6.08 Å². The molecule has 1 amide bonds. The molecule has 0 saturated carbocycles. The monoisotopic (exact) mass is 968 g/mol. The summed E-state index contributed by atoms with van der Waals surface area (Å²) in [7, 11) is 1.51. The largest absolute Gasteiger partial charge is 0.472 e. The zero-order valence-corrected chi connectivity index (χ0v) is 45.2. The van der Waals surface area contributed by atoms with Crippen molar-refractivity contribution in [3.05, 3.63) is 109 Å². The molecule has 390 valence electrons. The molecule has 3 atom stereocenters. The van der Waals surface area contributed by atoms with Crippen molar-refractivity contribution in [3.8, 4) is 0 Å². The van der Waals surface area contributed by atoms with Gasteiger partial charge in [-0.25, -0.2) is 4.57 Å². The predicted molar refractivity (Wildman–Crippen MR) is 295 cm³/mol. The topological polar surface area (TPSA) is 105 Å². The van der Waals surface area contributed by atoms with Gasteiger partial charge >= 0.3 is 7.82 Å². The minimum absolute atomic E-state index is 0.0431. The van der Waals surface area contributed by atoms with Crippen LogP contribution in [0.2, 0.25) is 0 Å². The summed E-state index contributed by atoms with van der Waals surface area (Å²) in [5, 5.41) is 13.9. The number of likely N-dealkylation sites (N-methyl/N-ethyl adjacent to an activating group) is 1. The quantitative estimate of drug-likeness (QED) is 0.0243. The first-order valence-corrected chi connectivity index (χ1v) is 28.8. The van der Waals surface area contributed by atoms with E-state index in [0.717, 1.165) is 83.5 Å². The zero-order valence-electron chi connectivity index (χ0n) is 44.3. The first kappa shape index (κ1) is 65.2. The van der Waals surface area contributed by atoms with Gasteiger partial charge in [-0.2, -0.15) is 0 Å². The van der Waals surface area contributed by atoms with E-state index in [4.69, 9.17) is 9.05 Å². The first-order chi connectivity index (χ1) is 33.0. The Balaban J connectivity index is 4.43. The third kappa shape index (κ3) is 51.0. The highest BCUT2D eigenvalue weighted by atomic mass is 31.2. The van der Waals surface area contributed by atoms with Crippen LogP contribution in [0.1, 0.15) is 206 Å². The van der Waals surface area contributed by atoms with Gasteiger partial charge in [0, 0.05) is 6.42 Å². The van der Waals surface area contributed by atoms with Crippen LogP contribution in [-0.2, 0) is 18.4 Å². The molecule has 0 aromatic heterocycles. The van der Waals surface area contributed by atoms with Gasteiger partial charge in [0.25, 0.3) is 0 Å². The Bertz CT molecular complexity index is 1470. The van der Waals surface area contributed by atoms with E-state index in [9.17, 15) is 19.4 Å². The SMILES string of the molecule is CC/C=C\C/C=C\C/C=C\C/C=C\C/C=C\C/C=C\C/C=C\CCCCCC(=O)NC(COP(=O)(O)OCC[N+](C)(C)C)C(O)/C=C/CC/C=C/CCCCCCCCCCCCCCCCC. The fraction of sp³-hybridized carbons (Fsp3) is 0.678. The average molecular weight is 968 g/mol. The number of nitrogens with zero attached hydrogens (tertiary/aromatic N) is 1. The lowest BCUT2D eigenvalue weighted by molar-refractivity contribution is -0.870. The van der Waals surface area contributed by atoms with Gasteiger partial charge < -0.3 is 19.8 Å². The van der Waals surface area contributed by atoms with Crippen LogP contribution in [0.25, 0.3) is 0 Å². The lowest BCUT2D eigenvalue weighted by atomic mass is 10.0. The molecule has 3 unspecified atom stereocenters. The summed E-state index contributed by atoms with van der Waals surface area (Å²) in [6, 6.07) is -0.890. The van der Waals surface area contributed by atoms with Gasteiger partial charge in [-0.05, 0) is 89.9 Å². The summed E-state index contributed by atoms with van der Waals surface area (Å²) < 4.78 is 23.6. The van der Waals surface area contributed by atoms with Crippen molar-refractivity contribution >= 4 is 13.7 Å². The molecule has 9 heteroatoms. The minimum Gasteiger partial charge on any atom is -0.387 e. The maximum Gasteiger partial charge on any atom is 0.472 e. The van der Waals surface area contributed by atoms with E-state index < -0.39 is 20.0 Å². The predicted octanol–water partition coefficient (Wildman–Crippen LogP) is 16.4. The van der Waals surface area contributed by atoms with Crippen molar-refractivity contribution in [3.63, 3.8) is 0 Å². The summed E-state index contributed by atoms with van der Waals surface area (Å²) in [6.45, 7) is 4.65. The van der Waals surface area contributed by atoms with Gasteiger partial charge in [-0.1, -0.05) is 220 Å². The highest BCUT2D eigenvalue weighted by molar-refractivity contribution is 7.47. The molecular formula is C59H104N2O6P+. The second-order valence-electron chi connectivity index (χ2n) is 19.2. The Hall–Kier alpha value is -2.84. The molecule has 0 spiro atoms. The van der Waals surface area contributed by atoms with E-state index in [1.807, 2.05) is 27.2 Å². The molecule has 0 rings (SSSR count). The second kappa shape index (κ2) is 49.2. The number of hydrogen-bond donors (Lipinski definition) is 3. The number of quaternary nitrogens is 1. The molecule has 0 aliphatic carbocycles. The Kier molecular flexibility index (Phi) is 47.1. The van der Waals surface area contributed by atoms with Crippen LogP contribution < -0.4 is 5.32 Å². The van der Waals surface area contributed by atoms with E-state index in [0.29, 0.717) is 23.9 Å². The third-order valence-corrected chi connectivity index (χ3v) is 12.5. The van der Waals surface area contributed by atoms with E-state index in [-0.39, 0.29) is 19.1 Å². The number of unbranched alkanes of at least 4 members (excludes halogenated alkanes) is 19. The van der Waals surface area contributed by atoms with Crippen molar-refractivity contribution in [2.75, 3.05) is 40.9 Å². The van der Waals surface area contributed by atoms with Crippen LogP contribution in [-0.4, -0.2) is 73.4 Å². The van der Waals surface area contributed by atoms with Gasteiger partial charge in [0.2, 0.25) is 5.91 Å². The highest BCUT2D eigenvalue weighted by Gasteiger charge is 2.27. The van der Waals surface area contributed by atoms with Crippen molar-refractivity contribution in [2.24, 2.45) is 0 Å². The van der Waals surface area contributed by atoms with Crippen LogP contribution in [0.15, 0.2) is 109 Å². The number of carbonyl (C=O) groups is 1. The first-order valence-electron chi connectivity index (χ1n) is 27.3. The number of hydrogen-bond acceptors (Lipinski definition) is 5. The van der Waals surface area contributed by atoms with Gasteiger partial charge in [0.15, 0.2) is 0 Å². The van der Waals surface area contributed by atoms with Crippen LogP contribution in [0.4, 0.5) is 0 Å². The van der Waals surface area contributed by atoms with Crippen LogP contribution in [0.3, 0.4) is 0 Å². The van der Waals surface area contributed by atoms with Gasteiger partial charge in [0.1, 0.15) is 13.2 Å². The number of nitrogens with one attached hydrogen (secondary N) is 1. The molecule has 8 nitrogen and oxygen atoms in total. The average Bonchev–Trinajstić information content (AvgIpc) is 3.30. The number of amides is 1. The molecule has 0 aromatic carbocycles. The summed E-state index contributed by atoms with van der Waals surface area (Å²) in [6.07, 6.45) is 71.8. The van der Waals surface area contributed by atoms with Crippen molar-refractivity contribution in [1.82, 2.24) is 5.32 Å². The molecular weight excluding hydrogens is 864 g/mol. The molecule has 0 aliphatic rings. The lowest BCUT2D eigenvalue weighted by Crippen LogP contribution is -2.45. The Morgan fingerprint density at radius 2 is 0.897 bits per heavy atom. The highest BCUT2D eigenvalue weighted by Crippen LogP contribution is 2.43. The van der Waals surface area contributed by atoms with Gasteiger partial charge in [0.05, 0.1) is 39.9 Å². The molecule has 0 saturated heterocycles. The van der Waals surface area contributed by atoms with E-state index in [1.165, 1.54) is 96.3 Å². The molecule has 0 heterocycles. The molecule has 0 aliphatic heterocycles. The lowest BCUT2D eigenvalue weighted by Gasteiger charge is -2.25. The number of phosphoric ester groups is 1. The number of allylic oxidation sites excluding steroid dienone is 17. The fourth-order valence-corrected chi connectivity index (χ4v) is 7.95. The molecule has 68 heavy (non-hydrogen) atoms. The summed E-state index contributed by atoms with van der Waals surface area (Å²) in [5.74, 6) is -0.223. The fourth-order valence-electron chi connectivity index (χ4n) is 7.21. The van der Waals surface area contributed by atoms with E-state index >= 15 is 0 Å². The minimum atomic E-state index is -4.37. The van der Waals surface area contributed by atoms with Crippen molar-refractivity contribution < 1.29 is 32.9 Å². The maximum absolute atomic E-state index is 12.9. The second-order valence-corrected chi connectivity index (χ2v) is 20.7. The summed E-state index contributed by atoms with van der Waals surface area (Å²) >= 11 is 0. The van der Waals surface area contributed by atoms with Crippen LogP contribution >= 0.6 is 7.82 Å². The Morgan fingerprint density at radius 3 is 1.35 bits per heavy atom. The standard InChI is InChI=1S/C59H103N2O6P/c1-6-8-10-12-14-16-18-20-22-24-26-28-29-30-31-33-35-37-39-41-43-45-47-49-51-53-59(63)60-57(56-67-68(64,65)66-55-54-61(3,4)5)58(62)52-50-48-46-44-42-40-38-36-34-32-27-25-23-21-19-17-15-13-11-9-7-2/h8,10,14,16,20,22,26,28,30-31,35,37,41-44,50,52,57-58,62H,6-7,9,11-13,15,17-19,21,23-25,27,29,32-34,36,38-40,45-49,51,53-56H2,1-5H3,(H-,60,63,64,65)/p+1/b10-8-,16-14-,22-20-,28-26-,31-30-,37-35-,43-41-,44-42+,52-50+. The number of carbonyl (C=O) groups excluding carboxylic acids is 1. The molecule has 0 aromatic rings. The van der Waals surface area contributed by atoms with Gasteiger partial charge in [-0.15, -0.1) is 0 Å². The van der Waals surface area contributed by atoms with Crippen molar-refractivity contribution in [2.45, 2.75) is 219 Å². The summed E-state index contributed by atoms with van der Waals surface area (Å²) in [4.78, 5) is 23.3. The normalized spacial score (nSPS) is 14.9. The Morgan fingerprint density at radius 1 is 0.515 bits per heavy atom. The number of aliphatic hydroxyl groups excluding tert-OH is 1. The molecule has 0 fully saturated rings. The zero-order chi connectivity index (χ0) is 49.9. The number of phosphoric acid groups is 1. The van der Waals surface area contributed by atoms with E-state index in [2.05, 4.69) is 116 Å².